The topological polar surface area (TPSA) is 90.7 Å². The number of nitrogens with two attached hydrogens (primary N) is 2. The predicted molar refractivity (Wildman–Crippen MR) is 92.1 cm³/mol. The van der Waals surface area contributed by atoms with Crippen LogP contribution < -0.4 is 11.5 Å². The highest BCUT2D eigenvalue weighted by molar-refractivity contribution is 5.85. The van der Waals surface area contributed by atoms with Crippen LogP contribution in [0.15, 0.2) is 35.3 Å². The molecule has 1 rings (SSSR count). The van der Waals surface area contributed by atoms with Crippen molar-refractivity contribution in [2.24, 2.45) is 16.5 Å². The first kappa shape index (κ1) is 20.4. The van der Waals surface area contributed by atoms with E-state index in [0.717, 1.165) is 18.4 Å². The lowest BCUT2D eigenvalue weighted by Crippen LogP contribution is -2.46. The number of nitrogens with zero attached hydrogens (tertiary/aromatic N) is 1. The first-order chi connectivity index (χ1) is 9.92. The maximum atomic E-state index is 12.0. The van der Waals surface area contributed by atoms with E-state index in [1.807, 2.05) is 30.3 Å². The second kappa shape index (κ2) is 10.2. The third-order valence-electron chi connectivity index (χ3n) is 3.14. The summed E-state index contributed by atoms with van der Waals surface area (Å²) in [6, 6.07) is 9.56. The Morgan fingerprint density at radius 2 is 1.91 bits per heavy atom. The second-order valence-electron chi connectivity index (χ2n) is 5.46. The summed E-state index contributed by atoms with van der Waals surface area (Å²) in [5.74, 6) is 0.206. The van der Waals surface area contributed by atoms with Gasteiger partial charge in [0.2, 0.25) is 0 Å². The summed E-state index contributed by atoms with van der Waals surface area (Å²) in [7, 11) is 0. The monoisotopic (exact) mass is 327 g/mol. The molecule has 4 N–H and O–H groups in total. The number of hydrogen-bond acceptors (Lipinski definition) is 4. The molecule has 0 fully saturated rings. The number of halogens is 1. The van der Waals surface area contributed by atoms with E-state index in [1.54, 1.807) is 13.8 Å². The van der Waals surface area contributed by atoms with Crippen molar-refractivity contribution in [1.82, 2.24) is 0 Å². The lowest BCUT2D eigenvalue weighted by Gasteiger charge is -2.22. The average Bonchev–Trinajstić information content (AvgIpc) is 2.45. The Morgan fingerprint density at radius 1 is 1.27 bits per heavy atom. The van der Waals surface area contributed by atoms with Crippen molar-refractivity contribution in [2.75, 3.05) is 6.54 Å². The lowest BCUT2D eigenvalue weighted by molar-refractivity contribution is -0.151. The molecule has 0 aliphatic rings. The largest absolute Gasteiger partial charge is 0.459 e. The number of ether oxygens (including phenoxy) is 1. The summed E-state index contributed by atoms with van der Waals surface area (Å²) in [6.07, 6.45) is 2.23. The Balaban J connectivity index is 0.00000441. The zero-order chi connectivity index (χ0) is 15.7. The maximum Gasteiger partial charge on any atom is 0.326 e. The van der Waals surface area contributed by atoms with E-state index in [0.29, 0.717) is 18.8 Å². The predicted octanol–water partition coefficient (Wildman–Crippen LogP) is 2.42. The number of benzene rings is 1. The van der Waals surface area contributed by atoms with E-state index in [-0.39, 0.29) is 25.0 Å². The van der Waals surface area contributed by atoms with Gasteiger partial charge in [0.05, 0.1) is 5.84 Å². The van der Waals surface area contributed by atoms with Gasteiger partial charge >= 0.3 is 5.97 Å². The number of carbonyl (C=O) groups is 1. The van der Waals surface area contributed by atoms with Crippen molar-refractivity contribution >= 4 is 24.2 Å². The summed E-state index contributed by atoms with van der Waals surface area (Å²) < 4.78 is 5.28. The first-order valence-electron chi connectivity index (χ1n) is 7.18. The molecule has 0 spiro atoms. The van der Waals surface area contributed by atoms with Gasteiger partial charge in [-0.1, -0.05) is 30.3 Å². The standard InChI is InChI=1S/C16H25N3O2.ClH/c1-13(17)19-11-7-6-10-16(2,18)15(20)21-12-14-8-4-3-5-9-14;/h3-5,8-9H,6-7,10-12,18H2,1-2H3,(H2,17,19);1H. The summed E-state index contributed by atoms with van der Waals surface area (Å²) in [6.45, 7) is 4.38. The van der Waals surface area contributed by atoms with Gasteiger partial charge < -0.3 is 16.2 Å². The van der Waals surface area contributed by atoms with Gasteiger partial charge in [-0.15, -0.1) is 12.4 Å². The minimum Gasteiger partial charge on any atom is -0.459 e. The van der Waals surface area contributed by atoms with Crippen LogP contribution in [0.4, 0.5) is 0 Å². The zero-order valence-corrected chi connectivity index (χ0v) is 14.1. The van der Waals surface area contributed by atoms with Crippen LogP contribution in [0.25, 0.3) is 0 Å². The quantitative estimate of drug-likeness (QED) is 0.332. The van der Waals surface area contributed by atoms with Gasteiger partial charge in [-0.05, 0) is 38.7 Å². The molecular formula is C16H26ClN3O2. The molecule has 0 saturated carbocycles. The minimum atomic E-state index is -0.962. The van der Waals surface area contributed by atoms with E-state index in [1.165, 1.54) is 0 Å². The number of carbonyl (C=O) groups excluding carboxylic acids is 1. The third kappa shape index (κ3) is 8.00. The van der Waals surface area contributed by atoms with Gasteiger partial charge in [0.25, 0.3) is 0 Å². The van der Waals surface area contributed by atoms with Gasteiger partial charge in [-0.25, -0.2) is 0 Å². The molecule has 6 heteroatoms. The molecule has 5 nitrogen and oxygen atoms in total. The molecule has 0 saturated heterocycles. The number of aliphatic imine (C=N–C) groups is 1. The molecule has 1 aromatic carbocycles. The van der Waals surface area contributed by atoms with Crippen LogP contribution in [0.3, 0.4) is 0 Å². The fourth-order valence-electron chi connectivity index (χ4n) is 1.85. The smallest absolute Gasteiger partial charge is 0.326 e. The van der Waals surface area contributed by atoms with Crippen LogP contribution in [-0.2, 0) is 16.1 Å². The minimum absolute atomic E-state index is 0. The molecule has 124 valence electrons. The zero-order valence-electron chi connectivity index (χ0n) is 13.2. The molecule has 22 heavy (non-hydrogen) atoms. The summed E-state index contributed by atoms with van der Waals surface area (Å²) in [4.78, 5) is 16.1. The highest BCUT2D eigenvalue weighted by Crippen LogP contribution is 2.14. The van der Waals surface area contributed by atoms with Crippen molar-refractivity contribution < 1.29 is 9.53 Å². The van der Waals surface area contributed by atoms with Crippen LogP contribution in [0, 0.1) is 0 Å². The summed E-state index contributed by atoms with van der Waals surface area (Å²) >= 11 is 0. The molecule has 1 atom stereocenters. The number of hydrogen-bond donors (Lipinski definition) is 2. The normalized spacial score (nSPS) is 13.9. The molecule has 0 aliphatic heterocycles. The van der Waals surface area contributed by atoms with Crippen LogP contribution in [0.5, 0.6) is 0 Å². The number of unbranched alkanes of at least 4 members (excludes halogenated alkanes) is 1. The highest BCUT2D eigenvalue weighted by Gasteiger charge is 2.29. The van der Waals surface area contributed by atoms with Crippen LogP contribution in [-0.4, -0.2) is 23.9 Å². The summed E-state index contributed by atoms with van der Waals surface area (Å²) in [5.41, 5.74) is 11.5. The Kier molecular flexibility index (Phi) is 9.45. The van der Waals surface area contributed by atoms with E-state index >= 15 is 0 Å². The van der Waals surface area contributed by atoms with E-state index in [9.17, 15) is 4.79 Å². The Hall–Kier alpha value is -1.59. The molecule has 0 aromatic heterocycles. The second-order valence-corrected chi connectivity index (χ2v) is 5.46. The van der Waals surface area contributed by atoms with Gasteiger partial charge in [0, 0.05) is 6.54 Å². The first-order valence-corrected chi connectivity index (χ1v) is 7.18. The van der Waals surface area contributed by atoms with Gasteiger partial charge in [0.1, 0.15) is 12.1 Å². The Bertz CT molecular complexity index is 472. The maximum absolute atomic E-state index is 12.0. The molecular weight excluding hydrogens is 302 g/mol. The van der Waals surface area contributed by atoms with Gasteiger partial charge in [0.15, 0.2) is 0 Å². The van der Waals surface area contributed by atoms with E-state index in [2.05, 4.69) is 4.99 Å². The fraction of sp³-hybridized carbons (Fsp3) is 0.500. The Labute approximate surface area is 138 Å². The van der Waals surface area contributed by atoms with Crippen molar-refractivity contribution in [1.29, 1.82) is 0 Å². The molecule has 1 unspecified atom stereocenters. The van der Waals surface area contributed by atoms with E-state index < -0.39 is 5.54 Å². The van der Waals surface area contributed by atoms with Gasteiger partial charge in [-0.2, -0.15) is 0 Å². The molecule has 0 heterocycles. The van der Waals surface area contributed by atoms with Crippen LogP contribution in [0.2, 0.25) is 0 Å². The van der Waals surface area contributed by atoms with Crippen molar-refractivity contribution in [3.63, 3.8) is 0 Å². The van der Waals surface area contributed by atoms with E-state index in [4.69, 9.17) is 16.2 Å². The Morgan fingerprint density at radius 3 is 2.50 bits per heavy atom. The highest BCUT2D eigenvalue weighted by atomic mass is 35.5. The van der Waals surface area contributed by atoms with Crippen molar-refractivity contribution in [3.8, 4) is 0 Å². The summed E-state index contributed by atoms with van der Waals surface area (Å²) in [5, 5.41) is 0. The SMILES string of the molecule is CC(N)=NCCCCC(C)(N)C(=O)OCc1ccccc1.Cl. The van der Waals surface area contributed by atoms with Crippen molar-refractivity contribution in [3.05, 3.63) is 35.9 Å². The van der Waals surface area contributed by atoms with Crippen LogP contribution >= 0.6 is 12.4 Å². The van der Waals surface area contributed by atoms with Crippen LogP contribution in [0.1, 0.15) is 38.7 Å². The number of esters is 1. The fourth-order valence-corrected chi connectivity index (χ4v) is 1.85. The number of amidine groups is 1. The number of rotatable bonds is 8. The molecule has 1 aromatic rings. The van der Waals surface area contributed by atoms with Crippen molar-refractivity contribution in [2.45, 2.75) is 45.3 Å². The molecule has 0 bridgehead atoms. The molecule has 0 amide bonds. The molecule has 0 radical (unpaired) electrons. The average molecular weight is 328 g/mol. The lowest BCUT2D eigenvalue weighted by atomic mass is 9.96. The molecule has 0 aliphatic carbocycles. The van der Waals surface area contributed by atoms with Gasteiger partial charge in [-0.3, -0.25) is 9.79 Å². The third-order valence-corrected chi connectivity index (χ3v) is 3.14.